The first-order valence-corrected chi connectivity index (χ1v) is 13.2. The SMILES string of the molecule is Cc1ccc(-c2cccc(CCOc3ccc(S(=O)(=O)C4(C(N)=O)CCOCC4)cc3)c2)cc1C. The molecule has 0 unspecified atom stereocenters. The van der Waals surface area contributed by atoms with E-state index in [2.05, 4.69) is 50.2 Å². The van der Waals surface area contributed by atoms with Crippen molar-refractivity contribution in [1.29, 1.82) is 0 Å². The van der Waals surface area contributed by atoms with Crippen LogP contribution in [-0.2, 0) is 25.8 Å². The van der Waals surface area contributed by atoms with E-state index < -0.39 is 20.5 Å². The normalized spacial score (nSPS) is 15.5. The second-order valence-corrected chi connectivity index (χ2v) is 11.3. The van der Waals surface area contributed by atoms with Gasteiger partial charge in [0, 0.05) is 19.6 Å². The van der Waals surface area contributed by atoms with Gasteiger partial charge in [-0.2, -0.15) is 0 Å². The highest BCUT2D eigenvalue weighted by atomic mass is 32.2. The summed E-state index contributed by atoms with van der Waals surface area (Å²) in [5, 5.41) is 0. The number of hydrogen-bond donors (Lipinski definition) is 1. The summed E-state index contributed by atoms with van der Waals surface area (Å²) in [4.78, 5) is 12.2. The zero-order valence-corrected chi connectivity index (χ0v) is 20.9. The molecule has 4 rings (SSSR count). The number of sulfone groups is 1. The van der Waals surface area contributed by atoms with Crippen LogP contribution in [0.15, 0.2) is 71.6 Å². The molecule has 1 fully saturated rings. The molecule has 0 bridgehead atoms. The Labute approximate surface area is 207 Å². The fraction of sp³-hybridized carbons (Fsp3) is 0.321. The van der Waals surface area contributed by atoms with E-state index in [1.807, 2.05) is 6.07 Å². The van der Waals surface area contributed by atoms with Gasteiger partial charge in [0.2, 0.25) is 5.91 Å². The minimum Gasteiger partial charge on any atom is -0.493 e. The van der Waals surface area contributed by atoms with Crippen LogP contribution in [0.4, 0.5) is 0 Å². The molecule has 7 heteroatoms. The molecule has 0 radical (unpaired) electrons. The van der Waals surface area contributed by atoms with Gasteiger partial charge in [-0.3, -0.25) is 4.79 Å². The van der Waals surface area contributed by atoms with Crippen LogP contribution in [0.5, 0.6) is 5.75 Å². The average Bonchev–Trinajstić information content (AvgIpc) is 2.86. The van der Waals surface area contributed by atoms with Gasteiger partial charge in [0.1, 0.15) is 5.75 Å². The van der Waals surface area contributed by atoms with Gasteiger partial charge in [-0.15, -0.1) is 0 Å². The van der Waals surface area contributed by atoms with Crippen LogP contribution >= 0.6 is 0 Å². The van der Waals surface area contributed by atoms with Crippen LogP contribution in [0.25, 0.3) is 11.1 Å². The molecule has 0 aromatic heterocycles. The standard InChI is InChI=1S/C28H31NO5S/c1-20-6-7-24(18-21(20)2)23-5-3-4-22(19-23)12-15-34-25-8-10-26(11-9-25)35(31,32)28(27(29)30)13-16-33-17-14-28/h3-11,18-19H,12-17H2,1-2H3,(H2,29,30). The lowest BCUT2D eigenvalue weighted by Crippen LogP contribution is -2.53. The molecule has 3 aromatic carbocycles. The fourth-order valence-corrected chi connectivity index (χ4v) is 6.32. The van der Waals surface area contributed by atoms with Gasteiger partial charge in [0.05, 0.1) is 11.5 Å². The molecule has 2 N–H and O–H groups in total. The second-order valence-electron chi connectivity index (χ2n) is 9.04. The number of ether oxygens (including phenoxy) is 2. The van der Waals surface area contributed by atoms with E-state index in [-0.39, 0.29) is 31.0 Å². The average molecular weight is 494 g/mol. The Morgan fingerprint density at radius 1 is 0.943 bits per heavy atom. The van der Waals surface area contributed by atoms with Gasteiger partial charge >= 0.3 is 0 Å². The van der Waals surface area contributed by atoms with E-state index in [1.165, 1.54) is 28.8 Å². The predicted molar refractivity (Wildman–Crippen MR) is 136 cm³/mol. The topological polar surface area (TPSA) is 95.7 Å². The lowest BCUT2D eigenvalue weighted by Gasteiger charge is -2.33. The number of aryl methyl sites for hydroxylation is 2. The lowest BCUT2D eigenvalue weighted by atomic mass is 9.98. The maximum absolute atomic E-state index is 13.3. The first-order valence-electron chi connectivity index (χ1n) is 11.7. The van der Waals surface area contributed by atoms with Gasteiger partial charge in [-0.1, -0.05) is 42.5 Å². The Bertz CT molecular complexity index is 1310. The Kier molecular flexibility index (Phi) is 7.28. The van der Waals surface area contributed by atoms with Crippen LogP contribution in [0.2, 0.25) is 0 Å². The van der Waals surface area contributed by atoms with E-state index >= 15 is 0 Å². The monoisotopic (exact) mass is 493 g/mol. The van der Waals surface area contributed by atoms with Gasteiger partial charge in [0.25, 0.3) is 0 Å². The van der Waals surface area contributed by atoms with Gasteiger partial charge in [-0.25, -0.2) is 8.42 Å². The largest absolute Gasteiger partial charge is 0.493 e. The molecule has 1 aliphatic heterocycles. The van der Waals surface area contributed by atoms with Gasteiger partial charge in [-0.05, 0) is 78.8 Å². The summed E-state index contributed by atoms with van der Waals surface area (Å²) in [6.45, 7) is 5.05. The van der Waals surface area contributed by atoms with Crippen LogP contribution in [0.1, 0.15) is 29.5 Å². The van der Waals surface area contributed by atoms with Crippen LogP contribution < -0.4 is 10.5 Å². The van der Waals surface area contributed by atoms with Crippen molar-refractivity contribution in [3.8, 4) is 16.9 Å². The number of rotatable bonds is 8. The summed E-state index contributed by atoms with van der Waals surface area (Å²) in [5.74, 6) is -0.265. The molecule has 3 aromatic rings. The summed E-state index contributed by atoms with van der Waals surface area (Å²) in [7, 11) is -3.95. The number of nitrogens with two attached hydrogens (primary N) is 1. The lowest BCUT2D eigenvalue weighted by molar-refractivity contribution is -0.122. The minimum absolute atomic E-state index is 0.0597. The third kappa shape index (κ3) is 5.11. The van der Waals surface area contributed by atoms with Gasteiger partial charge in [0.15, 0.2) is 14.6 Å². The maximum atomic E-state index is 13.3. The summed E-state index contributed by atoms with van der Waals surface area (Å²) < 4.78 is 36.0. The Balaban J connectivity index is 1.41. The molecular formula is C28H31NO5S. The first-order chi connectivity index (χ1) is 16.7. The molecule has 35 heavy (non-hydrogen) atoms. The summed E-state index contributed by atoms with van der Waals surface area (Å²) in [5.41, 5.74) is 11.6. The second kappa shape index (κ2) is 10.2. The molecule has 1 saturated heterocycles. The minimum atomic E-state index is -3.95. The molecule has 0 saturated carbocycles. The Morgan fingerprint density at radius 3 is 2.29 bits per heavy atom. The molecule has 1 aliphatic rings. The molecule has 0 spiro atoms. The van der Waals surface area contributed by atoms with E-state index in [0.717, 1.165) is 11.1 Å². The van der Waals surface area contributed by atoms with Crippen molar-refractivity contribution >= 4 is 15.7 Å². The number of amides is 1. The smallest absolute Gasteiger partial charge is 0.239 e. The van der Waals surface area contributed by atoms with Crippen molar-refractivity contribution in [3.05, 3.63) is 83.4 Å². The van der Waals surface area contributed by atoms with E-state index in [4.69, 9.17) is 15.2 Å². The molecule has 6 nitrogen and oxygen atoms in total. The molecule has 184 valence electrons. The van der Waals surface area contributed by atoms with Crippen molar-refractivity contribution in [2.24, 2.45) is 5.73 Å². The molecular weight excluding hydrogens is 462 g/mol. The number of carbonyl (C=O) groups is 1. The van der Waals surface area contributed by atoms with Crippen molar-refractivity contribution < 1.29 is 22.7 Å². The first kappa shape index (κ1) is 24.9. The Morgan fingerprint density at radius 2 is 1.63 bits per heavy atom. The van der Waals surface area contributed by atoms with E-state index in [1.54, 1.807) is 12.1 Å². The highest BCUT2D eigenvalue weighted by Crippen LogP contribution is 2.35. The number of hydrogen-bond acceptors (Lipinski definition) is 5. The highest BCUT2D eigenvalue weighted by Gasteiger charge is 2.51. The molecule has 0 aliphatic carbocycles. The van der Waals surface area contributed by atoms with Crippen molar-refractivity contribution in [2.75, 3.05) is 19.8 Å². The summed E-state index contributed by atoms with van der Waals surface area (Å²) in [6.07, 6.45) is 0.831. The van der Waals surface area contributed by atoms with Crippen molar-refractivity contribution in [1.82, 2.24) is 0 Å². The zero-order valence-electron chi connectivity index (χ0n) is 20.1. The summed E-state index contributed by atoms with van der Waals surface area (Å²) in [6, 6.07) is 21.0. The third-order valence-electron chi connectivity index (χ3n) is 6.82. The van der Waals surface area contributed by atoms with E-state index in [9.17, 15) is 13.2 Å². The predicted octanol–water partition coefficient (Wildman–Crippen LogP) is 4.40. The number of primary amides is 1. The van der Waals surface area contributed by atoms with Gasteiger partial charge < -0.3 is 15.2 Å². The quantitative estimate of drug-likeness (QED) is 0.502. The molecule has 1 heterocycles. The van der Waals surface area contributed by atoms with Crippen LogP contribution in [0.3, 0.4) is 0 Å². The zero-order chi connectivity index (χ0) is 25.1. The van der Waals surface area contributed by atoms with Crippen molar-refractivity contribution in [3.63, 3.8) is 0 Å². The maximum Gasteiger partial charge on any atom is 0.239 e. The van der Waals surface area contributed by atoms with Crippen LogP contribution in [0, 0.1) is 13.8 Å². The molecule has 1 amide bonds. The fourth-order valence-electron chi connectivity index (χ4n) is 4.40. The highest BCUT2D eigenvalue weighted by molar-refractivity contribution is 7.93. The van der Waals surface area contributed by atoms with Crippen LogP contribution in [-0.4, -0.2) is 38.9 Å². The third-order valence-corrected chi connectivity index (χ3v) is 9.36. The van der Waals surface area contributed by atoms with Crippen molar-refractivity contribution in [2.45, 2.75) is 42.8 Å². The Hall–Kier alpha value is -3.16. The number of carbonyl (C=O) groups excluding carboxylic acids is 1. The number of benzene rings is 3. The summed E-state index contributed by atoms with van der Waals surface area (Å²) >= 11 is 0. The van der Waals surface area contributed by atoms with E-state index in [0.29, 0.717) is 18.8 Å². The molecule has 0 atom stereocenters.